The number of fused-ring (bicyclic) bond motifs is 1. The molecule has 1 fully saturated rings. The predicted octanol–water partition coefficient (Wildman–Crippen LogP) is 2.92. The molecule has 34 heavy (non-hydrogen) atoms. The van der Waals surface area contributed by atoms with E-state index < -0.39 is 12.0 Å². The normalized spacial score (nSPS) is 15.3. The Balaban J connectivity index is 1.37. The molecule has 1 amide bonds. The molecule has 12 heteroatoms. The van der Waals surface area contributed by atoms with Crippen LogP contribution < -0.4 is 10.6 Å². The SMILES string of the molecule is Cc1ccc(-c2nnn(C3CC(F)(F)C3)n2)cc1NC(=O)c1cnn2ccc(NCCO)cc12. The first-order valence-corrected chi connectivity index (χ1v) is 10.7. The Morgan fingerprint density at radius 1 is 1.26 bits per heavy atom. The van der Waals surface area contributed by atoms with E-state index in [1.807, 2.05) is 13.0 Å². The highest BCUT2D eigenvalue weighted by atomic mass is 19.3. The molecule has 4 aromatic rings. The highest BCUT2D eigenvalue weighted by molar-refractivity contribution is 6.09. The summed E-state index contributed by atoms with van der Waals surface area (Å²) in [4.78, 5) is 14.3. The molecular formula is C22H22F2N8O2. The molecule has 0 atom stereocenters. The average Bonchev–Trinajstić information content (AvgIpc) is 3.44. The average molecular weight is 468 g/mol. The number of pyridine rings is 1. The van der Waals surface area contributed by atoms with E-state index in [0.717, 1.165) is 11.3 Å². The lowest BCUT2D eigenvalue weighted by Gasteiger charge is -2.33. The second-order valence-electron chi connectivity index (χ2n) is 8.29. The molecule has 0 bridgehead atoms. The van der Waals surface area contributed by atoms with E-state index in [9.17, 15) is 13.6 Å². The fourth-order valence-electron chi connectivity index (χ4n) is 3.84. The van der Waals surface area contributed by atoms with Crippen LogP contribution >= 0.6 is 0 Å². The molecule has 1 aromatic carbocycles. The minimum Gasteiger partial charge on any atom is -0.395 e. The van der Waals surface area contributed by atoms with Gasteiger partial charge >= 0.3 is 0 Å². The number of hydrogen-bond donors (Lipinski definition) is 3. The van der Waals surface area contributed by atoms with Crippen molar-refractivity contribution in [2.45, 2.75) is 31.7 Å². The van der Waals surface area contributed by atoms with Crippen LogP contribution in [0.3, 0.4) is 0 Å². The number of benzene rings is 1. The van der Waals surface area contributed by atoms with Crippen molar-refractivity contribution in [1.82, 2.24) is 29.8 Å². The van der Waals surface area contributed by atoms with E-state index in [4.69, 9.17) is 5.11 Å². The van der Waals surface area contributed by atoms with Gasteiger partial charge in [0, 0.05) is 42.5 Å². The van der Waals surface area contributed by atoms with Gasteiger partial charge in [0.05, 0.1) is 29.9 Å². The van der Waals surface area contributed by atoms with Crippen molar-refractivity contribution < 1.29 is 18.7 Å². The van der Waals surface area contributed by atoms with Gasteiger partial charge in [0.25, 0.3) is 11.8 Å². The number of aliphatic hydroxyl groups is 1. The van der Waals surface area contributed by atoms with Crippen LogP contribution in [0.2, 0.25) is 0 Å². The molecule has 10 nitrogen and oxygen atoms in total. The van der Waals surface area contributed by atoms with Gasteiger partial charge in [-0.05, 0) is 35.9 Å². The molecule has 0 spiro atoms. The molecule has 3 N–H and O–H groups in total. The Hall–Kier alpha value is -3.93. The topological polar surface area (TPSA) is 122 Å². The van der Waals surface area contributed by atoms with Gasteiger partial charge in [-0.1, -0.05) is 12.1 Å². The zero-order chi connectivity index (χ0) is 23.9. The summed E-state index contributed by atoms with van der Waals surface area (Å²) < 4.78 is 27.9. The second kappa shape index (κ2) is 8.45. The molecule has 0 radical (unpaired) electrons. The van der Waals surface area contributed by atoms with Crippen molar-refractivity contribution in [3.05, 3.63) is 53.9 Å². The lowest BCUT2D eigenvalue weighted by molar-refractivity contribution is -0.110. The number of nitrogens with one attached hydrogen (secondary N) is 2. The zero-order valence-electron chi connectivity index (χ0n) is 18.2. The van der Waals surface area contributed by atoms with Crippen molar-refractivity contribution in [2.24, 2.45) is 0 Å². The van der Waals surface area contributed by atoms with Gasteiger partial charge in [-0.2, -0.15) is 9.90 Å². The third-order valence-corrected chi connectivity index (χ3v) is 5.77. The molecule has 3 aromatic heterocycles. The van der Waals surface area contributed by atoms with Crippen LogP contribution in [-0.2, 0) is 0 Å². The van der Waals surface area contributed by atoms with Gasteiger partial charge in [-0.15, -0.1) is 10.2 Å². The predicted molar refractivity (Wildman–Crippen MR) is 120 cm³/mol. The van der Waals surface area contributed by atoms with Crippen LogP contribution in [0.4, 0.5) is 20.2 Å². The summed E-state index contributed by atoms with van der Waals surface area (Å²) >= 11 is 0. The monoisotopic (exact) mass is 468 g/mol. The first-order chi connectivity index (χ1) is 16.3. The molecular weight excluding hydrogens is 446 g/mol. The Morgan fingerprint density at radius 2 is 2.09 bits per heavy atom. The molecule has 0 aliphatic heterocycles. The van der Waals surface area contributed by atoms with E-state index in [-0.39, 0.29) is 25.4 Å². The fraction of sp³-hybridized carbons (Fsp3) is 0.318. The summed E-state index contributed by atoms with van der Waals surface area (Å²) in [5, 5.41) is 31.4. The number of aliphatic hydroxyl groups excluding tert-OH is 1. The molecule has 0 unspecified atom stereocenters. The summed E-state index contributed by atoms with van der Waals surface area (Å²) in [6.07, 6.45) is 2.62. The van der Waals surface area contributed by atoms with E-state index in [1.54, 1.807) is 35.0 Å². The molecule has 176 valence electrons. The minimum absolute atomic E-state index is 0.0108. The zero-order valence-corrected chi connectivity index (χ0v) is 18.2. The molecule has 1 aliphatic carbocycles. The highest BCUT2D eigenvalue weighted by Gasteiger charge is 2.47. The fourth-order valence-corrected chi connectivity index (χ4v) is 3.84. The number of aryl methyl sites for hydroxylation is 1. The summed E-state index contributed by atoms with van der Waals surface area (Å²) in [6, 6.07) is 8.45. The Labute approximate surface area is 192 Å². The van der Waals surface area contributed by atoms with Crippen molar-refractivity contribution in [1.29, 1.82) is 0 Å². The molecule has 3 heterocycles. The van der Waals surface area contributed by atoms with Gasteiger partial charge in [-0.25, -0.2) is 13.3 Å². The maximum Gasteiger partial charge on any atom is 0.259 e. The number of halogens is 2. The van der Waals surface area contributed by atoms with E-state index in [2.05, 4.69) is 31.1 Å². The Morgan fingerprint density at radius 3 is 2.85 bits per heavy atom. The van der Waals surface area contributed by atoms with Gasteiger partial charge in [-0.3, -0.25) is 4.79 Å². The van der Waals surface area contributed by atoms with Crippen molar-refractivity contribution in [2.75, 3.05) is 23.8 Å². The first kappa shape index (κ1) is 21.9. The number of rotatable bonds is 7. The number of carbonyl (C=O) groups is 1. The van der Waals surface area contributed by atoms with Gasteiger partial charge in [0.15, 0.2) is 0 Å². The number of alkyl halides is 2. The molecule has 0 saturated heterocycles. The maximum absolute atomic E-state index is 13.2. The maximum atomic E-state index is 13.2. The number of hydrogen-bond acceptors (Lipinski definition) is 7. The van der Waals surface area contributed by atoms with Crippen molar-refractivity contribution in [3.63, 3.8) is 0 Å². The molecule has 1 saturated carbocycles. The van der Waals surface area contributed by atoms with Crippen LogP contribution in [0.25, 0.3) is 16.9 Å². The quantitative estimate of drug-likeness (QED) is 0.381. The number of anilines is 2. The number of amides is 1. The van der Waals surface area contributed by atoms with Crippen molar-refractivity contribution >= 4 is 22.8 Å². The van der Waals surface area contributed by atoms with Crippen molar-refractivity contribution in [3.8, 4) is 11.4 Å². The summed E-state index contributed by atoms with van der Waals surface area (Å²) in [7, 11) is 0. The van der Waals surface area contributed by atoms with Crippen LogP contribution in [0.1, 0.15) is 34.8 Å². The number of carbonyl (C=O) groups excluding carboxylic acids is 1. The van der Waals surface area contributed by atoms with E-state index >= 15 is 0 Å². The standard InChI is InChI=1S/C22H22F2N8O2/c1-13-2-3-14(20-28-30-32(29-20)16-10-22(23,24)11-16)8-18(13)27-21(34)17-12-26-31-6-4-15(9-19(17)31)25-5-7-33/h2-4,6,8-9,12,16,25,33H,5,7,10-11H2,1H3,(H,27,34). The van der Waals surface area contributed by atoms with E-state index in [0.29, 0.717) is 34.7 Å². The Bertz CT molecular complexity index is 1360. The number of aromatic nitrogens is 6. The molecule has 1 aliphatic rings. The van der Waals surface area contributed by atoms with Crippen LogP contribution in [-0.4, -0.2) is 59.9 Å². The third kappa shape index (κ3) is 4.19. The third-order valence-electron chi connectivity index (χ3n) is 5.77. The summed E-state index contributed by atoms with van der Waals surface area (Å²) in [5.41, 5.74) is 3.73. The van der Waals surface area contributed by atoms with Gasteiger partial charge < -0.3 is 15.7 Å². The van der Waals surface area contributed by atoms with Crippen LogP contribution in [0, 0.1) is 6.92 Å². The smallest absolute Gasteiger partial charge is 0.259 e. The molecule has 5 rings (SSSR count). The lowest BCUT2D eigenvalue weighted by Crippen LogP contribution is -2.38. The van der Waals surface area contributed by atoms with Gasteiger partial charge in [0.1, 0.15) is 0 Å². The summed E-state index contributed by atoms with van der Waals surface area (Å²) in [5.74, 6) is -2.72. The minimum atomic E-state index is -2.67. The lowest BCUT2D eigenvalue weighted by atomic mass is 9.89. The van der Waals surface area contributed by atoms with E-state index in [1.165, 1.54) is 11.0 Å². The van der Waals surface area contributed by atoms with Crippen LogP contribution in [0.15, 0.2) is 42.7 Å². The number of tetrazole rings is 1. The Kier molecular flexibility index (Phi) is 5.44. The largest absolute Gasteiger partial charge is 0.395 e. The highest BCUT2D eigenvalue weighted by Crippen LogP contribution is 2.44. The summed E-state index contributed by atoms with van der Waals surface area (Å²) in [6.45, 7) is 2.23. The van der Waals surface area contributed by atoms with Crippen LogP contribution in [0.5, 0.6) is 0 Å². The first-order valence-electron chi connectivity index (χ1n) is 10.7. The second-order valence-corrected chi connectivity index (χ2v) is 8.29. The van der Waals surface area contributed by atoms with Gasteiger partial charge in [0.2, 0.25) is 5.82 Å². The number of nitrogens with zero attached hydrogens (tertiary/aromatic N) is 6.